The van der Waals surface area contributed by atoms with Gasteiger partial charge in [0.1, 0.15) is 35.3 Å². The zero-order valence-electron chi connectivity index (χ0n) is 18.0. The minimum Gasteiger partial charge on any atom is -0.497 e. The van der Waals surface area contributed by atoms with Crippen molar-refractivity contribution >= 4 is 29.6 Å². The van der Waals surface area contributed by atoms with Gasteiger partial charge in [0.2, 0.25) is 5.91 Å². The smallest absolute Gasteiger partial charge is 0.329 e. The minimum atomic E-state index is -0.682. The summed E-state index contributed by atoms with van der Waals surface area (Å²) in [6.07, 6.45) is 1.43. The molecule has 0 unspecified atom stereocenters. The van der Waals surface area contributed by atoms with Crippen LogP contribution in [0, 0.1) is 0 Å². The van der Waals surface area contributed by atoms with Crippen LogP contribution in [0.25, 0.3) is 17.4 Å². The van der Waals surface area contributed by atoms with Crippen molar-refractivity contribution < 1.29 is 28.3 Å². The van der Waals surface area contributed by atoms with Gasteiger partial charge < -0.3 is 24.5 Å². The molecule has 1 saturated heterocycles. The Hall–Kier alpha value is -4.53. The minimum absolute atomic E-state index is 0.0212. The van der Waals surface area contributed by atoms with Crippen molar-refractivity contribution in [3.63, 3.8) is 0 Å². The first-order valence-electron chi connectivity index (χ1n) is 9.99. The van der Waals surface area contributed by atoms with Gasteiger partial charge in [-0.05, 0) is 60.7 Å². The van der Waals surface area contributed by atoms with E-state index in [2.05, 4.69) is 10.6 Å². The maximum atomic E-state index is 12.7. The molecule has 9 heteroatoms. The van der Waals surface area contributed by atoms with Crippen LogP contribution in [-0.4, -0.2) is 43.5 Å². The number of methoxy groups -OCH3 is 2. The van der Waals surface area contributed by atoms with Gasteiger partial charge in [-0.3, -0.25) is 9.59 Å². The van der Waals surface area contributed by atoms with E-state index in [1.54, 1.807) is 50.6 Å². The summed E-state index contributed by atoms with van der Waals surface area (Å²) in [5, 5.41) is 5.12. The molecule has 0 saturated carbocycles. The predicted octanol–water partition coefficient (Wildman–Crippen LogP) is 3.50. The summed E-state index contributed by atoms with van der Waals surface area (Å²) >= 11 is 0. The number of anilines is 1. The zero-order valence-corrected chi connectivity index (χ0v) is 18.0. The number of furan rings is 1. The highest BCUT2D eigenvalue weighted by Gasteiger charge is 2.35. The number of nitrogens with zero attached hydrogens (tertiary/aromatic N) is 1. The number of urea groups is 1. The first-order chi connectivity index (χ1) is 16.0. The fourth-order valence-corrected chi connectivity index (χ4v) is 3.22. The van der Waals surface area contributed by atoms with Gasteiger partial charge in [-0.15, -0.1) is 0 Å². The van der Waals surface area contributed by atoms with Crippen molar-refractivity contribution in [2.75, 3.05) is 26.1 Å². The first-order valence-corrected chi connectivity index (χ1v) is 9.99. The van der Waals surface area contributed by atoms with Gasteiger partial charge in [-0.2, -0.15) is 0 Å². The Labute approximate surface area is 189 Å². The molecular formula is C24H21N3O6. The zero-order chi connectivity index (χ0) is 23.4. The number of ether oxygens (including phenoxy) is 2. The largest absolute Gasteiger partial charge is 0.497 e. The highest BCUT2D eigenvalue weighted by atomic mass is 16.5. The summed E-state index contributed by atoms with van der Waals surface area (Å²) in [6.45, 7) is -0.427. The lowest BCUT2D eigenvalue weighted by atomic mass is 10.2. The van der Waals surface area contributed by atoms with E-state index in [1.807, 2.05) is 24.3 Å². The molecule has 0 radical (unpaired) electrons. The molecule has 2 aromatic carbocycles. The van der Waals surface area contributed by atoms with Crippen LogP contribution in [0.15, 0.2) is 70.8 Å². The molecule has 1 aromatic heterocycles. The average Bonchev–Trinajstić information content (AvgIpc) is 3.40. The van der Waals surface area contributed by atoms with Crippen molar-refractivity contribution in [1.82, 2.24) is 10.2 Å². The number of benzene rings is 2. The Morgan fingerprint density at radius 3 is 2.24 bits per heavy atom. The quantitative estimate of drug-likeness (QED) is 0.424. The molecule has 1 aliphatic rings. The SMILES string of the molecule is COc1ccc(NC(=O)CN2C(=O)N/C(=C\c3ccc(-c4ccc(OC)cc4)o3)C2=O)cc1. The first kappa shape index (κ1) is 21.7. The second kappa shape index (κ2) is 9.31. The third-order valence-corrected chi connectivity index (χ3v) is 4.93. The van der Waals surface area contributed by atoms with Crippen molar-refractivity contribution in [1.29, 1.82) is 0 Å². The Kier molecular flexibility index (Phi) is 6.12. The van der Waals surface area contributed by atoms with Crippen molar-refractivity contribution in [3.8, 4) is 22.8 Å². The molecule has 4 rings (SSSR count). The van der Waals surface area contributed by atoms with Gasteiger partial charge in [0.05, 0.1) is 14.2 Å². The van der Waals surface area contributed by atoms with Crippen molar-refractivity contribution in [2.24, 2.45) is 0 Å². The third kappa shape index (κ3) is 4.87. The summed E-state index contributed by atoms with van der Waals surface area (Å²) in [4.78, 5) is 38.1. The number of carbonyl (C=O) groups is 3. The summed E-state index contributed by atoms with van der Waals surface area (Å²) in [5.74, 6) is 1.22. The lowest BCUT2D eigenvalue weighted by Gasteiger charge is -2.12. The molecule has 1 fully saturated rings. The Balaban J connectivity index is 1.42. The van der Waals surface area contributed by atoms with Crippen LogP contribution >= 0.6 is 0 Å². The normalized spacial score (nSPS) is 14.4. The van der Waals surface area contributed by atoms with E-state index in [4.69, 9.17) is 13.9 Å². The molecule has 3 aromatic rings. The van der Waals surface area contributed by atoms with Crippen LogP contribution in [0.1, 0.15) is 5.76 Å². The van der Waals surface area contributed by atoms with E-state index in [9.17, 15) is 14.4 Å². The number of hydrogen-bond acceptors (Lipinski definition) is 6. The van der Waals surface area contributed by atoms with Crippen LogP contribution in [0.4, 0.5) is 10.5 Å². The van der Waals surface area contributed by atoms with E-state index in [-0.39, 0.29) is 5.70 Å². The van der Waals surface area contributed by atoms with Gasteiger partial charge in [-0.25, -0.2) is 9.69 Å². The van der Waals surface area contributed by atoms with Gasteiger partial charge in [0, 0.05) is 17.3 Å². The summed E-state index contributed by atoms with van der Waals surface area (Å²) in [6, 6.07) is 16.8. The fraction of sp³-hybridized carbons (Fsp3) is 0.125. The molecule has 9 nitrogen and oxygen atoms in total. The van der Waals surface area contributed by atoms with Crippen molar-refractivity contribution in [2.45, 2.75) is 0 Å². The van der Waals surface area contributed by atoms with E-state index in [1.165, 1.54) is 6.08 Å². The second-order valence-electron chi connectivity index (χ2n) is 7.09. The maximum absolute atomic E-state index is 12.7. The predicted molar refractivity (Wildman–Crippen MR) is 121 cm³/mol. The van der Waals surface area contributed by atoms with Gasteiger partial charge in [-0.1, -0.05) is 0 Å². The highest BCUT2D eigenvalue weighted by Crippen LogP contribution is 2.26. The average molecular weight is 447 g/mol. The number of amides is 4. The van der Waals surface area contributed by atoms with Crippen LogP contribution < -0.4 is 20.1 Å². The molecule has 2 N–H and O–H groups in total. The van der Waals surface area contributed by atoms with Gasteiger partial charge in [0.15, 0.2) is 0 Å². The van der Waals surface area contributed by atoms with E-state index in [0.717, 1.165) is 16.2 Å². The highest BCUT2D eigenvalue weighted by molar-refractivity contribution is 6.15. The van der Waals surface area contributed by atoms with Gasteiger partial charge in [0.25, 0.3) is 5.91 Å². The number of carbonyl (C=O) groups excluding carboxylic acids is 3. The molecule has 2 heterocycles. The Morgan fingerprint density at radius 1 is 0.970 bits per heavy atom. The summed E-state index contributed by atoms with van der Waals surface area (Å²) in [5.41, 5.74) is 1.37. The fourth-order valence-electron chi connectivity index (χ4n) is 3.22. The van der Waals surface area contributed by atoms with Crippen molar-refractivity contribution in [3.05, 3.63) is 72.1 Å². The molecule has 33 heavy (non-hydrogen) atoms. The third-order valence-electron chi connectivity index (χ3n) is 4.93. The molecule has 0 atom stereocenters. The molecular weight excluding hydrogens is 426 g/mol. The number of imide groups is 1. The van der Waals surface area contributed by atoms with Crippen LogP contribution in [0.5, 0.6) is 11.5 Å². The molecule has 0 spiro atoms. The molecule has 0 aliphatic carbocycles. The Bertz CT molecular complexity index is 1210. The summed E-state index contributed by atoms with van der Waals surface area (Å²) < 4.78 is 16.0. The number of nitrogens with one attached hydrogen (secondary N) is 2. The topological polar surface area (TPSA) is 110 Å². The van der Waals surface area contributed by atoms with E-state index >= 15 is 0 Å². The monoisotopic (exact) mass is 447 g/mol. The molecule has 0 bridgehead atoms. The second-order valence-corrected chi connectivity index (χ2v) is 7.09. The van der Waals surface area contributed by atoms with Gasteiger partial charge >= 0.3 is 6.03 Å². The van der Waals surface area contributed by atoms with Crippen LogP contribution in [-0.2, 0) is 9.59 Å². The lowest BCUT2D eigenvalue weighted by Crippen LogP contribution is -2.38. The molecule has 168 valence electrons. The van der Waals surface area contributed by atoms with E-state index in [0.29, 0.717) is 23.0 Å². The standard InChI is InChI=1S/C24H21N3O6/c1-31-17-7-3-15(4-8-17)21-12-11-19(33-21)13-20-23(29)27(24(30)26-20)14-22(28)25-16-5-9-18(32-2)10-6-16/h3-13H,14H2,1-2H3,(H,25,28)(H,26,30)/b20-13-. The number of rotatable bonds is 7. The molecule has 4 amide bonds. The Morgan fingerprint density at radius 2 is 1.61 bits per heavy atom. The maximum Gasteiger partial charge on any atom is 0.329 e. The van der Waals surface area contributed by atoms with Crippen LogP contribution in [0.3, 0.4) is 0 Å². The van der Waals surface area contributed by atoms with Crippen LogP contribution in [0.2, 0.25) is 0 Å². The summed E-state index contributed by atoms with van der Waals surface area (Å²) in [7, 11) is 3.13. The number of hydrogen-bond donors (Lipinski definition) is 2. The molecule has 1 aliphatic heterocycles. The van der Waals surface area contributed by atoms with E-state index < -0.39 is 24.4 Å². The lowest BCUT2D eigenvalue weighted by molar-refractivity contribution is -0.127.